The maximum atomic E-state index is 11.7. The van der Waals surface area contributed by atoms with Crippen molar-refractivity contribution in [2.24, 2.45) is 4.99 Å². The van der Waals surface area contributed by atoms with Crippen LogP contribution in [0.3, 0.4) is 0 Å². The quantitative estimate of drug-likeness (QED) is 0.235. The molecule has 0 unspecified atom stereocenters. The van der Waals surface area contributed by atoms with Gasteiger partial charge in [0.25, 0.3) is 0 Å². The zero-order valence-corrected chi connectivity index (χ0v) is 20.1. The Hall–Kier alpha value is -3.04. The molecule has 0 saturated carbocycles. The third-order valence-electron chi connectivity index (χ3n) is 5.22. The first-order chi connectivity index (χ1) is 16.1. The Morgan fingerprint density at radius 2 is 2.06 bits per heavy atom. The zero-order valence-electron chi connectivity index (χ0n) is 18.5. The number of halogens is 1. The van der Waals surface area contributed by atoms with Crippen LogP contribution in [0.25, 0.3) is 5.69 Å². The number of benzene rings is 1. The number of aromatic nitrogens is 3. The molecule has 0 aliphatic carbocycles. The molecule has 0 fully saturated rings. The van der Waals surface area contributed by atoms with Gasteiger partial charge >= 0.3 is 6.16 Å². The summed E-state index contributed by atoms with van der Waals surface area (Å²) in [7, 11) is 0. The normalized spacial score (nSPS) is 14.6. The summed E-state index contributed by atoms with van der Waals surface area (Å²) in [5.41, 5.74) is 4.60. The molecule has 9 heteroatoms. The van der Waals surface area contributed by atoms with E-state index in [4.69, 9.17) is 19.2 Å². The number of rotatable bonds is 8. The van der Waals surface area contributed by atoms with Crippen LogP contribution < -0.4 is 0 Å². The van der Waals surface area contributed by atoms with Gasteiger partial charge in [-0.25, -0.2) is 9.78 Å². The molecule has 0 saturated heterocycles. The summed E-state index contributed by atoms with van der Waals surface area (Å²) in [4.78, 5) is 26.0. The number of pyridine rings is 1. The zero-order chi connectivity index (χ0) is 23.2. The smallest absolute Gasteiger partial charge is 0.434 e. The fourth-order valence-corrected chi connectivity index (χ4v) is 4.09. The summed E-state index contributed by atoms with van der Waals surface area (Å²) >= 11 is 3.60. The number of fused-ring (bicyclic) bond motifs is 3. The van der Waals surface area contributed by atoms with Crippen molar-refractivity contribution >= 4 is 27.8 Å². The summed E-state index contributed by atoms with van der Waals surface area (Å²) in [6.45, 7) is 4.43. The molecule has 3 heterocycles. The van der Waals surface area contributed by atoms with Gasteiger partial charge in [-0.2, -0.15) is 0 Å². The van der Waals surface area contributed by atoms with Gasteiger partial charge in [0.2, 0.25) is 0 Å². The molecule has 1 aromatic carbocycles. The first-order valence-corrected chi connectivity index (χ1v) is 11.6. The predicted octanol–water partition coefficient (Wildman–Crippen LogP) is 5.16. The molecule has 1 atom stereocenters. The predicted molar refractivity (Wildman–Crippen MR) is 127 cm³/mol. The minimum Gasteiger partial charge on any atom is -0.434 e. The summed E-state index contributed by atoms with van der Waals surface area (Å²) in [5, 5.41) is 0. The highest BCUT2D eigenvalue weighted by atomic mass is 79.9. The Kier molecular flexibility index (Phi) is 7.51. The van der Waals surface area contributed by atoms with Crippen LogP contribution in [0.5, 0.6) is 0 Å². The maximum absolute atomic E-state index is 11.7. The maximum Gasteiger partial charge on any atom is 0.510 e. The topological polar surface area (TPSA) is 87.8 Å². The Balaban J connectivity index is 1.61. The molecule has 0 bridgehead atoms. The molecule has 33 heavy (non-hydrogen) atoms. The van der Waals surface area contributed by atoms with E-state index in [1.165, 1.54) is 0 Å². The third kappa shape index (κ3) is 5.31. The van der Waals surface area contributed by atoms with Crippen LogP contribution in [0, 0.1) is 6.92 Å². The van der Waals surface area contributed by atoms with Gasteiger partial charge in [0.05, 0.1) is 23.7 Å². The molecular weight excluding hydrogens is 488 g/mol. The Bertz CT molecular complexity index is 1150. The van der Waals surface area contributed by atoms with E-state index in [-0.39, 0.29) is 19.4 Å². The van der Waals surface area contributed by atoms with Crippen molar-refractivity contribution in [1.29, 1.82) is 0 Å². The van der Waals surface area contributed by atoms with Crippen molar-refractivity contribution in [3.8, 4) is 5.69 Å². The summed E-state index contributed by atoms with van der Waals surface area (Å²) in [6.07, 6.45) is 4.12. The molecule has 2 aromatic heterocycles. The van der Waals surface area contributed by atoms with Crippen molar-refractivity contribution in [1.82, 2.24) is 14.5 Å². The molecule has 0 amide bonds. The van der Waals surface area contributed by atoms with Gasteiger partial charge in [0.1, 0.15) is 11.9 Å². The van der Waals surface area contributed by atoms with Gasteiger partial charge in [-0.3, -0.25) is 14.5 Å². The lowest BCUT2D eigenvalue weighted by molar-refractivity contribution is -0.0412. The average molecular weight is 513 g/mol. The summed E-state index contributed by atoms with van der Waals surface area (Å²) in [6, 6.07) is 11.7. The van der Waals surface area contributed by atoms with Gasteiger partial charge in [0.15, 0.2) is 6.79 Å². The second-order valence-corrected chi connectivity index (χ2v) is 8.37. The van der Waals surface area contributed by atoms with Crippen LogP contribution in [0.15, 0.2) is 58.3 Å². The number of nitrogens with zero attached hydrogens (tertiary/aromatic N) is 4. The minimum atomic E-state index is -0.739. The van der Waals surface area contributed by atoms with Crippen LogP contribution in [0.2, 0.25) is 0 Å². The van der Waals surface area contributed by atoms with Crippen molar-refractivity contribution in [3.63, 3.8) is 0 Å². The highest BCUT2D eigenvalue weighted by molar-refractivity contribution is 9.10. The first-order valence-electron chi connectivity index (χ1n) is 10.8. The highest BCUT2D eigenvalue weighted by Crippen LogP contribution is 2.34. The van der Waals surface area contributed by atoms with Crippen LogP contribution in [-0.2, 0) is 14.2 Å². The molecule has 1 aliphatic heterocycles. The van der Waals surface area contributed by atoms with E-state index in [0.29, 0.717) is 19.4 Å². The van der Waals surface area contributed by atoms with Crippen LogP contribution in [0.1, 0.15) is 48.6 Å². The van der Waals surface area contributed by atoms with Crippen molar-refractivity contribution in [2.45, 2.75) is 32.7 Å². The second kappa shape index (κ2) is 10.7. The van der Waals surface area contributed by atoms with Gasteiger partial charge < -0.3 is 14.2 Å². The molecule has 8 nitrogen and oxygen atoms in total. The van der Waals surface area contributed by atoms with E-state index in [9.17, 15) is 4.79 Å². The van der Waals surface area contributed by atoms with Crippen LogP contribution >= 0.6 is 15.9 Å². The van der Waals surface area contributed by atoms with E-state index in [2.05, 4.69) is 42.6 Å². The fraction of sp³-hybridized carbons (Fsp3) is 0.333. The number of ether oxygens (including phenoxy) is 3. The van der Waals surface area contributed by atoms with Crippen molar-refractivity contribution < 1.29 is 19.0 Å². The summed E-state index contributed by atoms with van der Waals surface area (Å²) < 4.78 is 18.1. The standard InChI is InChI=1S/C24H25BrN4O4/c1-3-31-15-33-24(30)32-12-6-8-20-23-27-14-16(2)29(23)21-10-9-17(25)13-18(21)22(28-20)19-7-4-5-11-26-19/h4-5,7,9-11,13-14,20H,3,6,8,12,15H2,1-2H3/t20-/m0/s1. The summed E-state index contributed by atoms with van der Waals surface area (Å²) in [5.74, 6) is 0.848. The van der Waals surface area contributed by atoms with Crippen LogP contribution in [0.4, 0.5) is 4.79 Å². The molecular formula is C24H25BrN4O4. The number of hydrogen-bond donors (Lipinski definition) is 0. The molecule has 0 spiro atoms. The number of carbonyl (C=O) groups is 1. The SMILES string of the molecule is CCOCOC(=O)OCCC[C@@H]1N=C(c2ccccn2)c2cc(Br)ccc2-n2c(C)cnc21. The lowest BCUT2D eigenvalue weighted by Crippen LogP contribution is -2.12. The Morgan fingerprint density at radius 3 is 2.85 bits per heavy atom. The van der Waals surface area contributed by atoms with E-state index >= 15 is 0 Å². The second-order valence-electron chi connectivity index (χ2n) is 7.46. The van der Waals surface area contributed by atoms with Gasteiger partial charge in [0, 0.05) is 34.7 Å². The highest BCUT2D eigenvalue weighted by Gasteiger charge is 2.27. The minimum absolute atomic E-state index is 0.111. The Labute approximate surface area is 200 Å². The number of hydrogen-bond acceptors (Lipinski definition) is 7. The molecule has 0 N–H and O–H groups in total. The molecule has 0 radical (unpaired) electrons. The van der Waals surface area contributed by atoms with Crippen molar-refractivity contribution in [3.05, 3.63) is 76.0 Å². The monoisotopic (exact) mass is 512 g/mol. The van der Waals surface area contributed by atoms with Crippen LogP contribution in [-0.4, -0.2) is 46.4 Å². The largest absolute Gasteiger partial charge is 0.510 e. The van der Waals surface area contributed by atoms with Gasteiger partial charge in [-0.15, -0.1) is 0 Å². The fourth-order valence-electron chi connectivity index (χ4n) is 3.73. The average Bonchev–Trinajstić information content (AvgIpc) is 3.14. The molecule has 172 valence electrons. The molecule has 1 aliphatic rings. The Morgan fingerprint density at radius 1 is 1.18 bits per heavy atom. The van der Waals surface area contributed by atoms with E-state index in [1.807, 2.05) is 44.3 Å². The number of aryl methyl sites for hydroxylation is 1. The van der Waals surface area contributed by atoms with Crippen molar-refractivity contribution in [2.75, 3.05) is 20.0 Å². The van der Waals surface area contributed by atoms with E-state index in [1.54, 1.807) is 6.20 Å². The van der Waals surface area contributed by atoms with E-state index < -0.39 is 6.16 Å². The third-order valence-corrected chi connectivity index (χ3v) is 5.71. The number of carbonyl (C=O) groups excluding carboxylic acids is 1. The van der Waals surface area contributed by atoms with Gasteiger partial charge in [-0.1, -0.05) is 22.0 Å². The van der Waals surface area contributed by atoms with E-state index in [0.717, 1.165) is 38.6 Å². The number of aliphatic imine (C=N–C) groups is 1. The first kappa shape index (κ1) is 23.1. The lowest BCUT2D eigenvalue weighted by atomic mass is 10.0. The molecule has 3 aromatic rings. The molecule has 4 rings (SSSR count). The van der Waals surface area contributed by atoms with Gasteiger partial charge in [-0.05, 0) is 57.0 Å². The number of imidazole rings is 1. The lowest BCUT2D eigenvalue weighted by Gasteiger charge is -2.14.